The Morgan fingerprint density at radius 3 is 1.03 bits per heavy atom. The highest BCUT2D eigenvalue weighted by atomic mass is 35.5. The van der Waals surface area contributed by atoms with Crippen molar-refractivity contribution in [1.82, 2.24) is 0 Å². The van der Waals surface area contributed by atoms with E-state index in [0.29, 0.717) is 0 Å². The Balaban J connectivity index is 1.21. The van der Waals surface area contributed by atoms with Crippen molar-refractivity contribution in [3.05, 3.63) is 249 Å². The molecule has 0 radical (unpaired) electrons. The van der Waals surface area contributed by atoms with Crippen LogP contribution in [0.4, 0.5) is 0 Å². The van der Waals surface area contributed by atoms with E-state index in [9.17, 15) is 0 Å². The summed E-state index contributed by atoms with van der Waals surface area (Å²) < 4.78 is 0. The second kappa shape index (κ2) is 10.7. The molecule has 2 heteroatoms. The molecule has 268 valence electrons. The van der Waals surface area contributed by atoms with Crippen LogP contribution in [-0.4, -0.2) is 0 Å². The van der Waals surface area contributed by atoms with Crippen molar-refractivity contribution in [3.8, 4) is 22.3 Å². The van der Waals surface area contributed by atoms with E-state index in [4.69, 9.17) is 23.2 Å². The second-order valence-corrected chi connectivity index (χ2v) is 17.1. The fraction of sp³-hybridized carbons (Fsp3) is 0.0357. The molecule has 2 atom stereocenters. The van der Waals surface area contributed by atoms with Crippen LogP contribution in [0.2, 0.25) is 0 Å². The molecule has 0 heterocycles. The third-order valence-corrected chi connectivity index (χ3v) is 14.9. The summed E-state index contributed by atoms with van der Waals surface area (Å²) in [5, 5.41) is 4.22. The molecule has 2 unspecified atom stereocenters. The fourth-order valence-corrected chi connectivity index (χ4v) is 13.1. The van der Waals surface area contributed by atoms with Gasteiger partial charge in [-0.3, -0.25) is 0 Å². The van der Waals surface area contributed by atoms with Gasteiger partial charge in [0.05, 0.1) is 20.9 Å². The number of hydrogen-bond donors (Lipinski definition) is 0. The maximum Gasteiger partial charge on any atom is 0.0752 e. The largest absolute Gasteiger partial charge is 0.0833 e. The molecule has 14 rings (SSSR count). The molecular weight excluding hydrogens is 744 g/mol. The normalized spacial score (nSPS) is 20.8. The standard InChI is InChI=1S/C56H30Cl2/c57-53-37-25-11-7-21-33(37)45-47(31-17-3-1-4-18-31)55(51(45)53)41-29-15-13-27-39(41)43-44-40-28-14-16-30-42(40)56(50(44)36-24-10-9-23-35(36)49(43)55)48(32-19-5-2-6-20-32)46-34-22-8-12-26-38(34)54(58)52(46)56/h1-30H. The van der Waals surface area contributed by atoms with Crippen LogP contribution in [0.15, 0.2) is 193 Å². The predicted octanol–water partition coefficient (Wildman–Crippen LogP) is 14.5. The molecule has 0 bridgehead atoms. The highest BCUT2D eigenvalue weighted by Gasteiger charge is 2.65. The quantitative estimate of drug-likeness (QED) is 0.164. The molecule has 0 nitrogen and oxygen atoms in total. The Kier molecular flexibility index (Phi) is 5.85. The minimum absolute atomic E-state index is 0.596. The van der Waals surface area contributed by atoms with Crippen LogP contribution < -0.4 is 0 Å². The zero-order valence-electron chi connectivity index (χ0n) is 31.1. The van der Waals surface area contributed by atoms with Crippen LogP contribution in [0, 0.1) is 0 Å². The van der Waals surface area contributed by atoms with Gasteiger partial charge in [-0.1, -0.05) is 205 Å². The van der Waals surface area contributed by atoms with Crippen LogP contribution in [-0.2, 0) is 10.8 Å². The van der Waals surface area contributed by atoms with Crippen molar-refractivity contribution >= 4 is 66.3 Å². The molecule has 0 aliphatic heterocycles. The number of hydrogen-bond acceptors (Lipinski definition) is 0. The van der Waals surface area contributed by atoms with Crippen molar-refractivity contribution < 1.29 is 0 Å². The van der Waals surface area contributed by atoms with Crippen molar-refractivity contribution in [2.75, 3.05) is 0 Å². The second-order valence-electron chi connectivity index (χ2n) is 16.3. The van der Waals surface area contributed by atoms with E-state index < -0.39 is 10.8 Å². The molecule has 8 aromatic carbocycles. The number of rotatable bonds is 2. The minimum atomic E-state index is -0.596. The molecular formula is C56H30Cl2. The molecule has 6 aliphatic carbocycles. The van der Waals surface area contributed by atoms with Crippen LogP contribution >= 0.6 is 23.2 Å². The van der Waals surface area contributed by atoms with Crippen LogP contribution in [0.3, 0.4) is 0 Å². The van der Waals surface area contributed by atoms with Crippen LogP contribution in [0.5, 0.6) is 0 Å². The summed E-state index contributed by atoms with van der Waals surface area (Å²) in [7, 11) is 0. The molecule has 58 heavy (non-hydrogen) atoms. The first-order chi connectivity index (χ1) is 28.7. The maximum atomic E-state index is 7.75. The first kappa shape index (κ1) is 31.6. The van der Waals surface area contributed by atoms with Crippen molar-refractivity contribution in [3.63, 3.8) is 0 Å². The van der Waals surface area contributed by atoms with Gasteiger partial charge in [-0.2, -0.15) is 0 Å². The third-order valence-electron chi connectivity index (χ3n) is 14.1. The van der Waals surface area contributed by atoms with Crippen LogP contribution in [0.1, 0.15) is 55.6 Å². The SMILES string of the molecule is ClC1=C2C(=C(c3ccccc3)C23c2ccccc2-c2c4c(c5ccccc5c23)C2(C3=C(Cl)c5ccccc5C3=C2c2ccccc2)c2ccccc2-4)c2ccccc21. The van der Waals surface area contributed by atoms with Gasteiger partial charge in [-0.15, -0.1) is 0 Å². The Labute approximate surface area is 346 Å². The number of benzene rings is 8. The van der Waals surface area contributed by atoms with Gasteiger partial charge in [0, 0.05) is 11.1 Å². The molecule has 0 saturated carbocycles. The fourth-order valence-electron chi connectivity index (χ4n) is 12.3. The number of fused-ring (bicyclic) bond motifs is 22. The molecule has 0 N–H and O–H groups in total. The third kappa shape index (κ3) is 3.29. The summed E-state index contributed by atoms with van der Waals surface area (Å²) in [6, 6.07) is 67.0. The molecule has 6 aliphatic rings. The van der Waals surface area contributed by atoms with Gasteiger partial charge in [-0.25, -0.2) is 0 Å². The van der Waals surface area contributed by atoms with E-state index in [1.165, 1.54) is 111 Å². The lowest BCUT2D eigenvalue weighted by atomic mass is 9.52. The lowest BCUT2D eigenvalue weighted by molar-refractivity contribution is 0.804. The topological polar surface area (TPSA) is 0 Å². The zero-order chi connectivity index (χ0) is 38.1. The van der Waals surface area contributed by atoms with Gasteiger partial charge in [0.1, 0.15) is 0 Å². The van der Waals surface area contributed by atoms with Crippen LogP contribution in [0.25, 0.3) is 65.4 Å². The number of allylic oxidation sites excluding steroid dienone is 6. The Morgan fingerprint density at radius 2 is 0.621 bits per heavy atom. The highest BCUT2D eigenvalue weighted by Crippen LogP contribution is 2.79. The first-order valence-electron chi connectivity index (χ1n) is 20.1. The maximum absolute atomic E-state index is 7.75. The van der Waals surface area contributed by atoms with Crippen molar-refractivity contribution in [1.29, 1.82) is 0 Å². The van der Waals surface area contributed by atoms with E-state index in [1.54, 1.807) is 0 Å². The Hall–Kier alpha value is -6.44. The molecule has 0 fully saturated rings. The predicted molar refractivity (Wildman–Crippen MR) is 241 cm³/mol. The van der Waals surface area contributed by atoms with Gasteiger partial charge in [0.15, 0.2) is 0 Å². The van der Waals surface area contributed by atoms with E-state index in [1.807, 2.05) is 0 Å². The summed E-state index contributed by atoms with van der Waals surface area (Å²) in [6.07, 6.45) is 0. The smallest absolute Gasteiger partial charge is 0.0752 e. The average molecular weight is 774 g/mol. The van der Waals surface area contributed by atoms with Crippen molar-refractivity contribution in [2.24, 2.45) is 0 Å². The summed E-state index contributed by atoms with van der Waals surface area (Å²) in [4.78, 5) is 0. The highest BCUT2D eigenvalue weighted by molar-refractivity contribution is 6.55. The van der Waals surface area contributed by atoms with E-state index in [0.717, 1.165) is 21.2 Å². The van der Waals surface area contributed by atoms with Gasteiger partial charge in [0.25, 0.3) is 0 Å². The number of halogens is 2. The Morgan fingerprint density at radius 1 is 0.293 bits per heavy atom. The van der Waals surface area contributed by atoms with Gasteiger partial charge in [-0.05, 0) is 111 Å². The Bertz CT molecular complexity index is 3170. The minimum Gasteiger partial charge on any atom is -0.0833 e. The summed E-state index contributed by atoms with van der Waals surface area (Å²) in [5.74, 6) is 0. The summed E-state index contributed by atoms with van der Waals surface area (Å²) in [6.45, 7) is 0. The van der Waals surface area contributed by atoms with E-state index in [2.05, 4.69) is 182 Å². The van der Waals surface area contributed by atoms with E-state index >= 15 is 0 Å². The first-order valence-corrected chi connectivity index (χ1v) is 20.8. The molecule has 0 aromatic heterocycles. The van der Waals surface area contributed by atoms with Crippen molar-refractivity contribution in [2.45, 2.75) is 10.8 Å². The lowest BCUT2D eigenvalue weighted by Gasteiger charge is -2.49. The lowest BCUT2D eigenvalue weighted by Crippen LogP contribution is -2.39. The monoisotopic (exact) mass is 772 g/mol. The summed E-state index contributed by atoms with van der Waals surface area (Å²) >= 11 is 15.5. The molecule has 8 aromatic rings. The van der Waals surface area contributed by atoms with E-state index in [-0.39, 0.29) is 0 Å². The van der Waals surface area contributed by atoms with Gasteiger partial charge in [0.2, 0.25) is 0 Å². The zero-order valence-corrected chi connectivity index (χ0v) is 32.6. The molecule has 0 amide bonds. The van der Waals surface area contributed by atoms with Gasteiger partial charge < -0.3 is 0 Å². The molecule has 0 saturated heterocycles. The average Bonchev–Trinajstić information content (AvgIpc) is 3.93. The summed E-state index contributed by atoms with van der Waals surface area (Å²) in [5.41, 5.74) is 24.0. The van der Waals surface area contributed by atoms with Gasteiger partial charge >= 0.3 is 0 Å². The molecule has 2 spiro atoms.